The molecule has 3 rings (SSSR count). The van der Waals surface area contributed by atoms with Gasteiger partial charge in [0.05, 0.1) is 5.69 Å². The number of barbiturate groups is 1. The number of anilines is 1. The maximum atomic E-state index is 12.9. The predicted octanol–water partition coefficient (Wildman–Crippen LogP) is 3.23. The van der Waals surface area contributed by atoms with Crippen LogP contribution in [0.15, 0.2) is 66.8 Å². The Morgan fingerprint density at radius 2 is 1.89 bits per heavy atom. The lowest BCUT2D eigenvalue weighted by Crippen LogP contribution is -2.54. The molecule has 1 fully saturated rings. The van der Waals surface area contributed by atoms with Crippen LogP contribution in [0.1, 0.15) is 11.1 Å². The molecule has 6 nitrogen and oxygen atoms in total. The third-order valence-electron chi connectivity index (χ3n) is 3.94. The molecule has 0 saturated carbocycles. The number of benzene rings is 2. The summed E-state index contributed by atoms with van der Waals surface area (Å²) in [5.74, 6) is -0.926. The molecule has 6 heteroatoms. The Morgan fingerprint density at radius 1 is 1.11 bits per heavy atom. The zero-order valence-electron chi connectivity index (χ0n) is 14.8. The topological polar surface area (TPSA) is 75.7 Å². The third-order valence-corrected chi connectivity index (χ3v) is 3.94. The third kappa shape index (κ3) is 3.79. The highest BCUT2D eigenvalue weighted by atomic mass is 16.5. The fourth-order valence-electron chi connectivity index (χ4n) is 2.69. The minimum Gasteiger partial charge on any atom is -0.489 e. The smallest absolute Gasteiger partial charge is 0.335 e. The molecule has 1 saturated heterocycles. The van der Waals surface area contributed by atoms with E-state index in [1.165, 1.54) is 6.08 Å². The van der Waals surface area contributed by atoms with Crippen molar-refractivity contribution in [2.75, 3.05) is 11.5 Å². The molecular formula is C21H18N2O4. The molecule has 1 heterocycles. The van der Waals surface area contributed by atoms with Crippen LogP contribution in [0.5, 0.6) is 5.75 Å². The van der Waals surface area contributed by atoms with Crippen LogP contribution in [0.3, 0.4) is 0 Å². The Bertz CT molecular complexity index is 962. The van der Waals surface area contributed by atoms with Crippen molar-refractivity contribution in [3.8, 4) is 5.75 Å². The van der Waals surface area contributed by atoms with Gasteiger partial charge >= 0.3 is 6.03 Å². The highest BCUT2D eigenvalue weighted by molar-refractivity contribution is 6.39. The fourth-order valence-corrected chi connectivity index (χ4v) is 2.69. The van der Waals surface area contributed by atoms with Gasteiger partial charge in [0, 0.05) is 5.56 Å². The van der Waals surface area contributed by atoms with Gasteiger partial charge in [-0.2, -0.15) is 0 Å². The minimum atomic E-state index is -0.774. The van der Waals surface area contributed by atoms with E-state index in [0.29, 0.717) is 17.0 Å². The van der Waals surface area contributed by atoms with E-state index in [1.807, 2.05) is 13.0 Å². The van der Waals surface area contributed by atoms with Crippen LogP contribution in [0.4, 0.5) is 10.5 Å². The molecule has 0 spiro atoms. The van der Waals surface area contributed by atoms with Crippen molar-refractivity contribution < 1.29 is 19.1 Å². The van der Waals surface area contributed by atoms with Gasteiger partial charge in [-0.05, 0) is 36.8 Å². The van der Waals surface area contributed by atoms with E-state index < -0.39 is 17.8 Å². The molecule has 0 aliphatic carbocycles. The summed E-state index contributed by atoms with van der Waals surface area (Å²) >= 11 is 0. The number of hydrogen-bond acceptors (Lipinski definition) is 4. The summed E-state index contributed by atoms with van der Waals surface area (Å²) in [6.07, 6.45) is 3.02. The number of amides is 4. The number of aryl methyl sites for hydroxylation is 1. The maximum Gasteiger partial charge on any atom is 0.335 e. The van der Waals surface area contributed by atoms with Gasteiger partial charge in [0.15, 0.2) is 0 Å². The minimum absolute atomic E-state index is 0.147. The van der Waals surface area contributed by atoms with Crippen LogP contribution < -0.4 is 15.0 Å². The van der Waals surface area contributed by atoms with Crippen molar-refractivity contribution >= 4 is 29.6 Å². The lowest BCUT2D eigenvalue weighted by molar-refractivity contribution is -0.122. The number of ether oxygens (including phenoxy) is 1. The van der Waals surface area contributed by atoms with Crippen LogP contribution >= 0.6 is 0 Å². The van der Waals surface area contributed by atoms with E-state index in [-0.39, 0.29) is 12.2 Å². The maximum absolute atomic E-state index is 12.9. The first-order chi connectivity index (χ1) is 13.0. The number of imide groups is 2. The van der Waals surface area contributed by atoms with Crippen LogP contribution in [-0.2, 0) is 9.59 Å². The highest BCUT2D eigenvalue weighted by Crippen LogP contribution is 2.25. The fraction of sp³-hybridized carbons (Fsp3) is 0.0952. The van der Waals surface area contributed by atoms with Gasteiger partial charge in [-0.25, -0.2) is 9.69 Å². The number of hydrogen-bond donors (Lipinski definition) is 1. The second kappa shape index (κ2) is 7.70. The van der Waals surface area contributed by atoms with Gasteiger partial charge in [-0.15, -0.1) is 0 Å². The summed E-state index contributed by atoms with van der Waals surface area (Å²) in [6.45, 7) is 5.74. The molecule has 0 aromatic heterocycles. The monoisotopic (exact) mass is 362 g/mol. The average Bonchev–Trinajstić information content (AvgIpc) is 2.64. The van der Waals surface area contributed by atoms with Crippen molar-refractivity contribution in [3.05, 3.63) is 77.9 Å². The zero-order valence-corrected chi connectivity index (χ0v) is 14.8. The summed E-state index contributed by atoms with van der Waals surface area (Å²) in [7, 11) is 0. The Morgan fingerprint density at radius 3 is 2.63 bits per heavy atom. The lowest BCUT2D eigenvalue weighted by atomic mass is 10.1. The van der Waals surface area contributed by atoms with E-state index in [2.05, 4.69) is 11.9 Å². The number of carbonyl (C=O) groups is 3. The second-order valence-corrected chi connectivity index (χ2v) is 5.93. The van der Waals surface area contributed by atoms with Crippen molar-refractivity contribution in [2.24, 2.45) is 0 Å². The van der Waals surface area contributed by atoms with E-state index in [9.17, 15) is 14.4 Å². The summed E-state index contributed by atoms with van der Waals surface area (Å²) in [5, 5.41) is 2.21. The summed E-state index contributed by atoms with van der Waals surface area (Å²) in [6, 6.07) is 13.2. The molecule has 1 aliphatic heterocycles. The average molecular weight is 362 g/mol. The van der Waals surface area contributed by atoms with E-state index in [4.69, 9.17) is 4.74 Å². The Balaban J connectivity index is 2.01. The first kappa shape index (κ1) is 18.1. The normalized spacial score (nSPS) is 15.7. The first-order valence-electron chi connectivity index (χ1n) is 8.32. The first-order valence-corrected chi connectivity index (χ1v) is 8.32. The number of nitrogens with zero attached hydrogens (tertiary/aromatic N) is 1. The number of carbonyl (C=O) groups excluding carboxylic acids is 3. The van der Waals surface area contributed by atoms with Crippen LogP contribution in [0, 0.1) is 6.92 Å². The van der Waals surface area contributed by atoms with E-state index in [0.717, 1.165) is 10.5 Å². The number of rotatable bonds is 5. The van der Waals surface area contributed by atoms with Gasteiger partial charge in [0.1, 0.15) is 17.9 Å². The van der Waals surface area contributed by atoms with Gasteiger partial charge in [-0.3, -0.25) is 14.9 Å². The van der Waals surface area contributed by atoms with Crippen molar-refractivity contribution in [1.29, 1.82) is 0 Å². The quantitative estimate of drug-likeness (QED) is 0.503. The SMILES string of the molecule is C=CCOc1ccccc1/C=C1\C(=O)NC(=O)N(c2cccc(C)c2)C1=O. The van der Waals surface area contributed by atoms with Crippen LogP contribution in [0.25, 0.3) is 6.08 Å². The standard InChI is InChI=1S/C21H18N2O4/c1-3-11-27-18-10-5-4-8-15(18)13-17-19(24)22-21(26)23(20(17)25)16-9-6-7-14(2)12-16/h3-10,12-13H,1,11H2,2H3,(H,22,24,26)/b17-13+. The Labute approximate surface area is 156 Å². The number of urea groups is 1. The molecule has 0 unspecified atom stereocenters. The zero-order chi connectivity index (χ0) is 19.4. The molecule has 0 atom stereocenters. The van der Waals surface area contributed by atoms with Crippen LogP contribution in [-0.4, -0.2) is 24.5 Å². The van der Waals surface area contributed by atoms with Crippen molar-refractivity contribution in [1.82, 2.24) is 5.32 Å². The second-order valence-electron chi connectivity index (χ2n) is 5.93. The molecule has 4 amide bonds. The molecule has 1 N–H and O–H groups in total. The largest absolute Gasteiger partial charge is 0.489 e. The molecule has 0 radical (unpaired) electrons. The van der Waals surface area contributed by atoms with E-state index in [1.54, 1.807) is 48.5 Å². The highest BCUT2D eigenvalue weighted by Gasteiger charge is 2.36. The molecule has 2 aromatic carbocycles. The van der Waals surface area contributed by atoms with Gasteiger partial charge in [0.25, 0.3) is 11.8 Å². The summed E-state index contributed by atoms with van der Waals surface area (Å²) < 4.78 is 5.56. The van der Waals surface area contributed by atoms with Crippen LogP contribution in [0.2, 0.25) is 0 Å². The molecule has 2 aromatic rings. The van der Waals surface area contributed by atoms with Crippen molar-refractivity contribution in [2.45, 2.75) is 6.92 Å². The van der Waals surface area contributed by atoms with Crippen molar-refractivity contribution in [3.63, 3.8) is 0 Å². The lowest BCUT2D eigenvalue weighted by Gasteiger charge is -2.26. The number of para-hydroxylation sites is 1. The van der Waals surface area contributed by atoms with Gasteiger partial charge in [-0.1, -0.05) is 43.0 Å². The van der Waals surface area contributed by atoms with Gasteiger partial charge in [0.2, 0.25) is 0 Å². The molecule has 1 aliphatic rings. The molecule has 136 valence electrons. The summed E-state index contributed by atoms with van der Waals surface area (Å²) in [5.41, 5.74) is 1.69. The van der Waals surface area contributed by atoms with E-state index >= 15 is 0 Å². The molecule has 27 heavy (non-hydrogen) atoms. The predicted molar refractivity (Wildman–Crippen MR) is 102 cm³/mol. The molecular weight excluding hydrogens is 344 g/mol. The number of nitrogens with one attached hydrogen (secondary N) is 1. The Hall–Kier alpha value is -3.67. The molecule has 0 bridgehead atoms. The summed E-state index contributed by atoms with van der Waals surface area (Å²) in [4.78, 5) is 38.4. The Kier molecular flexibility index (Phi) is 5.17. The van der Waals surface area contributed by atoms with Gasteiger partial charge < -0.3 is 4.74 Å².